The summed E-state index contributed by atoms with van der Waals surface area (Å²) in [5, 5.41) is 2.67. The molecular formula is C30H24N2Si. The Hall–Kier alpha value is -3.82. The second kappa shape index (κ2) is 7.64. The van der Waals surface area contributed by atoms with E-state index in [4.69, 9.17) is 9.97 Å². The van der Waals surface area contributed by atoms with Gasteiger partial charge in [0, 0.05) is 22.0 Å². The van der Waals surface area contributed by atoms with Gasteiger partial charge in [-0.15, -0.1) is 0 Å². The molecule has 2 nitrogen and oxygen atoms in total. The summed E-state index contributed by atoms with van der Waals surface area (Å²) in [7, 11) is -1.96. The average molecular weight is 441 g/mol. The van der Waals surface area contributed by atoms with Crippen LogP contribution < -0.4 is 10.5 Å². The molecule has 0 bridgehead atoms. The number of hydrogen-bond donors (Lipinski definition) is 0. The van der Waals surface area contributed by atoms with Crippen LogP contribution in [-0.4, -0.2) is 18.0 Å². The summed E-state index contributed by atoms with van der Waals surface area (Å²) in [6.07, 6.45) is 0. The molecule has 3 heteroatoms. The Labute approximate surface area is 195 Å². The third-order valence-corrected chi connectivity index (χ3v) is 10.00. The zero-order chi connectivity index (χ0) is 22.4. The molecule has 0 amide bonds. The van der Waals surface area contributed by atoms with E-state index in [0.717, 1.165) is 22.6 Å². The summed E-state index contributed by atoms with van der Waals surface area (Å²) >= 11 is 0. The topological polar surface area (TPSA) is 25.8 Å². The highest BCUT2D eigenvalue weighted by Crippen LogP contribution is 2.39. The minimum Gasteiger partial charge on any atom is -0.237 e. The zero-order valence-electron chi connectivity index (χ0n) is 18.8. The van der Waals surface area contributed by atoms with E-state index >= 15 is 0 Å². The van der Waals surface area contributed by atoms with Crippen LogP contribution in [0.4, 0.5) is 0 Å². The molecule has 0 atom stereocenters. The van der Waals surface area contributed by atoms with Crippen molar-refractivity contribution in [3.8, 4) is 44.9 Å². The van der Waals surface area contributed by atoms with Gasteiger partial charge in [-0.1, -0.05) is 122 Å². The predicted octanol–water partition coefficient (Wildman–Crippen LogP) is 6.28. The van der Waals surface area contributed by atoms with E-state index < -0.39 is 8.07 Å². The van der Waals surface area contributed by atoms with Gasteiger partial charge in [0.15, 0.2) is 5.82 Å². The van der Waals surface area contributed by atoms with Gasteiger partial charge in [0.25, 0.3) is 0 Å². The first-order valence-corrected chi connectivity index (χ1v) is 14.4. The van der Waals surface area contributed by atoms with E-state index in [1.165, 1.54) is 32.8 Å². The zero-order valence-corrected chi connectivity index (χ0v) is 19.8. The number of fused-ring (bicyclic) bond motifs is 3. The normalized spacial score (nSPS) is 13.4. The van der Waals surface area contributed by atoms with Crippen molar-refractivity contribution in [3.63, 3.8) is 0 Å². The van der Waals surface area contributed by atoms with Gasteiger partial charge in [-0.3, -0.25) is 0 Å². The smallest absolute Gasteiger partial charge is 0.159 e. The largest absolute Gasteiger partial charge is 0.237 e. The van der Waals surface area contributed by atoms with E-state index in [9.17, 15) is 0 Å². The van der Waals surface area contributed by atoms with Gasteiger partial charge in [-0.05, 0) is 21.9 Å². The average Bonchev–Trinajstić information content (AvgIpc) is 3.11. The predicted molar refractivity (Wildman–Crippen MR) is 141 cm³/mol. The van der Waals surface area contributed by atoms with Crippen molar-refractivity contribution in [2.24, 2.45) is 0 Å². The third-order valence-electron chi connectivity index (χ3n) is 6.67. The molecule has 0 fully saturated rings. The van der Waals surface area contributed by atoms with E-state index in [1.807, 2.05) is 6.07 Å². The lowest BCUT2D eigenvalue weighted by Gasteiger charge is -2.19. The quantitative estimate of drug-likeness (QED) is 0.309. The molecule has 1 aliphatic heterocycles. The highest BCUT2D eigenvalue weighted by Gasteiger charge is 2.41. The summed E-state index contributed by atoms with van der Waals surface area (Å²) in [6.45, 7) is 4.82. The van der Waals surface area contributed by atoms with E-state index in [0.29, 0.717) is 0 Å². The van der Waals surface area contributed by atoms with Crippen LogP contribution in [0.3, 0.4) is 0 Å². The molecule has 2 heterocycles. The molecular weight excluding hydrogens is 416 g/mol. The Kier molecular flexibility index (Phi) is 4.59. The summed E-state index contributed by atoms with van der Waals surface area (Å²) in [5.74, 6) is 0.806. The fourth-order valence-electron chi connectivity index (χ4n) is 5.01. The molecule has 0 aliphatic carbocycles. The van der Waals surface area contributed by atoms with Gasteiger partial charge in [-0.2, -0.15) is 0 Å². The van der Waals surface area contributed by atoms with Crippen LogP contribution in [0.5, 0.6) is 0 Å². The minimum atomic E-state index is -1.96. The number of hydrogen-bond acceptors (Lipinski definition) is 2. The maximum atomic E-state index is 5.25. The lowest BCUT2D eigenvalue weighted by Crippen LogP contribution is -2.50. The second-order valence-electron chi connectivity index (χ2n) is 9.07. The molecule has 158 valence electrons. The van der Waals surface area contributed by atoms with Gasteiger partial charge in [0.1, 0.15) is 8.07 Å². The Morgan fingerprint density at radius 1 is 0.515 bits per heavy atom. The lowest BCUT2D eigenvalue weighted by atomic mass is 9.93. The molecule has 1 aromatic heterocycles. The van der Waals surface area contributed by atoms with Gasteiger partial charge in [0.2, 0.25) is 0 Å². The van der Waals surface area contributed by atoms with Crippen LogP contribution in [0.15, 0.2) is 109 Å². The second-order valence-corrected chi connectivity index (χ2v) is 13.3. The van der Waals surface area contributed by atoms with Crippen molar-refractivity contribution < 1.29 is 0 Å². The van der Waals surface area contributed by atoms with Crippen molar-refractivity contribution in [3.05, 3.63) is 109 Å². The first-order chi connectivity index (χ1) is 16.1. The van der Waals surface area contributed by atoms with Crippen molar-refractivity contribution in [2.45, 2.75) is 13.1 Å². The molecule has 1 aliphatic rings. The molecule has 0 radical (unpaired) electrons. The monoisotopic (exact) mass is 440 g/mol. The summed E-state index contributed by atoms with van der Waals surface area (Å²) in [4.78, 5) is 10.5. The summed E-state index contributed by atoms with van der Waals surface area (Å²) < 4.78 is 0. The van der Waals surface area contributed by atoms with Gasteiger partial charge < -0.3 is 0 Å². The number of aromatic nitrogens is 2. The minimum absolute atomic E-state index is 0.806. The molecule has 0 saturated carbocycles. The van der Waals surface area contributed by atoms with Gasteiger partial charge in [0.05, 0.1) is 5.69 Å². The number of rotatable bonds is 3. The first kappa shape index (κ1) is 19.8. The Morgan fingerprint density at radius 2 is 1.06 bits per heavy atom. The van der Waals surface area contributed by atoms with Crippen LogP contribution in [-0.2, 0) is 0 Å². The molecule has 0 N–H and O–H groups in total. The third kappa shape index (κ3) is 3.16. The van der Waals surface area contributed by atoms with Gasteiger partial charge >= 0.3 is 0 Å². The van der Waals surface area contributed by atoms with Crippen molar-refractivity contribution in [1.29, 1.82) is 0 Å². The molecule has 0 spiro atoms. The molecule has 5 aromatic rings. The van der Waals surface area contributed by atoms with Crippen LogP contribution in [0.1, 0.15) is 0 Å². The summed E-state index contributed by atoms with van der Waals surface area (Å²) in [6, 6.07) is 38.4. The molecule has 0 unspecified atom stereocenters. The lowest BCUT2D eigenvalue weighted by molar-refractivity contribution is 1.21. The Morgan fingerprint density at radius 3 is 1.76 bits per heavy atom. The van der Waals surface area contributed by atoms with E-state index in [-0.39, 0.29) is 0 Å². The summed E-state index contributed by atoms with van der Waals surface area (Å²) in [5.41, 5.74) is 8.14. The van der Waals surface area contributed by atoms with E-state index in [2.05, 4.69) is 116 Å². The molecule has 0 saturated heterocycles. The van der Waals surface area contributed by atoms with Gasteiger partial charge in [-0.25, -0.2) is 9.97 Å². The maximum Gasteiger partial charge on any atom is 0.159 e. The Bertz CT molecular complexity index is 1470. The van der Waals surface area contributed by atoms with Crippen molar-refractivity contribution in [2.75, 3.05) is 0 Å². The first-order valence-electron chi connectivity index (χ1n) is 11.4. The highest BCUT2D eigenvalue weighted by atomic mass is 28.3. The van der Waals surface area contributed by atoms with Crippen LogP contribution >= 0.6 is 0 Å². The maximum absolute atomic E-state index is 5.25. The standard InChI is InChI=1S/C30H24N2Si/c1-33(2)26-20-12-11-19-25(26)27-28(31-29(32-30(27)33)22-15-7-4-8-16-22)24-18-10-9-17-23(24)21-13-5-3-6-14-21/h3-20H,1-2H3. The molecule has 33 heavy (non-hydrogen) atoms. The fourth-order valence-corrected chi connectivity index (χ4v) is 7.93. The van der Waals surface area contributed by atoms with Crippen LogP contribution in [0.2, 0.25) is 13.1 Å². The van der Waals surface area contributed by atoms with Crippen molar-refractivity contribution >= 4 is 18.6 Å². The Balaban J connectivity index is 1.71. The van der Waals surface area contributed by atoms with Crippen molar-refractivity contribution in [1.82, 2.24) is 9.97 Å². The van der Waals surface area contributed by atoms with Crippen LogP contribution in [0.25, 0.3) is 44.9 Å². The highest BCUT2D eigenvalue weighted by molar-refractivity contribution is 7.03. The fraction of sp³-hybridized carbons (Fsp3) is 0.0667. The number of nitrogens with zero attached hydrogens (tertiary/aromatic N) is 2. The SMILES string of the molecule is C[Si]1(C)c2ccccc2-c2c(-c3ccccc3-c3ccccc3)nc(-c3ccccc3)nc21. The molecule has 6 rings (SSSR count). The van der Waals surface area contributed by atoms with Crippen LogP contribution in [0, 0.1) is 0 Å². The van der Waals surface area contributed by atoms with E-state index in [1.54, 1.807) is 0 Å². The number of benzene rings is 4. The molecule has 4 aromatic carbocycles.